The quantitative estimate of drug-likeness (QED) is 0.557. The number of hydrogen-bond donors (Lipinski definition) is 0. The first-order valence-corrected chi connectivity index (χ1v) is 9.73. The van der Waals surface area contributed by atoms with Crippen LogP contribution in [0.15, 0.2) is 53.5 Å². The Hall–Kier alpha value is -2.80. The van der Waals surface area contributed by atoms with E-state index in [1.807, 2.05) is 34.4 Å². The SMILES string of the molecule is c1cc(C2CCN(c3ccc4nnc(-c5ccsc5)n4n3)CC2)ccn1. The van der Waals surface area contributed by atoms with Gasteiger partial charge >= 0.3 is 0 Å². The van der Waals surface area contributed by atoms with Gasteiger partial charge in [-0.3, -0.25) is 4.98 Å². The molecule has 0 aromatic carbocycles. The first-order valence-electron chi connectivity index (χ1n) is 8.78. The maximum Gasteiger partial charge on any atom is 0.186 e. The summed E-state index contributed by atoms with van der Waals surface area (Å²) in [5.74, 6) is 2.39. The van der Waals surface area contributed by atoms with Crippen LogP contribution in [0.3, 0.4) is 0 Å². The number of pyridine rings is 1. The molecule has 0 N–H and O–H groups in total. The predicted molar refractivity (Wildman–Crippen MR) is 103 cm³/mol. The van der Waals surface area contributed by atoms with Gasteiger partial charge in [-0.2, -0.15) is 15.9 Å². The van der Waals surface area contributed by atoms with E-state index in [1.165, 1.54) is 5.56 Å². The zero-order valence-corrected chi connectivity index (χ0v) is 15.0. The number of thiophene rings is 1. The van der Waals surface area contributed by atoms with Gasteiger partial charge in [0, 0.05) is 36.4 Å². The molecule has 26 heavy (non-hydrogen) atoms. The molecule has 0 spiro atoms. The Bertz CT molecular complexity index is 1000. The third-order valence-electron chi connectivity index (χ3n) is 5.02. The van der Waals surface area contributed by atoms with Gasteiger partial charge in [0.25, 0.3) is 0 Å². The summed E-state index contributed by atoms with van der Waals surface area (Å²) < 4.78 is 1.85. The monoisotopic (exact) mass is 362 g/mol. The molecular weight excluding hydrogens is 344 g/mol. The van der Waals surface area contributed by atoms with E-state index in [4.69, 9.17) is 5.10 Å². The standard InChI is InChI=1S/C19H18N6S/c1-2-18(23-25-17(1)21-22-19(25)16-7-12-26-13-16)24-10-5-15(6-11-24)14-3-8-20-9-4-14/h1-4,7-9,12-13,15H,5-6,10-11H2. The minimum Gasteiger partial charge on any atom is -0.355 e. The summed E-state index contributed by atoms with van der Waals surface area (Å²) in [7, 11) is 0. The Kier molecular flexibility index (Phi) is 3.86. The van der Waals surface area contributed by atoms with Gasteiger partial charge in [-0.25, -0.2) is 0 Å². The van der Waals surface area contributed by atoms with Crippen molar-refractivity contribution in [3.63, 3.8) is 0 Å². The van der Waals surface area contributed by atoms with Crippen molar-refractivity contribution in [3.8, 4) is 11.4 Å². The van der Waals surface area contributed by atoms with Gasteiger partial charge in [0.1, 0.15) is 5.82 Å². The third kappa shape index (κ3) is 2.74. The highest BCUT2D eigenvalue weighted by molar-refractivity contribution is 7.08. The van der Waals surface area contributed by atoms with Crippen LogP contribution in [0.5, 0.6) is 0 Å². The maximum absolute atomic E-state index is 4.82. The molecule has 5 rings (SSSR count). The maximum atomic E-state index is 4.82. The second-order valence-electron chi connectivity index (χ2n) is 6.54. The zero-order chi connectivity index (χ0) is 17.3. The second-order valence-corrected chi connectivity index (χ2v) is 7.32. The lowest BCUT2D eigenvalue weighted by Gasteiger charge is -2.32. The smallest absolute Gasteiger partial charge is 0.186 e. The average Bonchev–Trinajstić information content (AvgIpc) is 3.38. The first kappa shape index (κ1) is 15.5. The number of aromatic nitrogens is 5. The summed E-state index contributed by atoms with van der Waals surface area (Å²) in [5.41, 5.74) is 3.23. The lowest BCUT2D eigenvalue weighted by molar-refractivity contribution is 0.500. The van der Waals surface area contributed by atoms with Crippen LogP contribution in [0.2, 0.25) is 0 Å². The van der Waals surface area contributed by atoms with Gasteiger partial charge in [-0.05, 0) is 60.0 Å². The molecule has 4 aromatic heterocycles. The summed E-state index contributed by atoms with van der Waals surface area (Å²) in [4.78, 5) is 6.48. The van der Waals surface area contributed by atoms with Crippen LogP contribution in [0.1, 0.15) is 24.3 Å². The average molecular weight is 362 g/mol. The largest absolute Gasteiger partial charge is 0.355 e. The molecule has 0 aliphatic carbocycles. The van der Waals surface area contributed by atoms with E-state index in [1.54, 1.807) is 11.3 Å². The zero-order valence-electron chi connectivity index (χ0n) is 14.2. The second kappa shape index (κ2) is 6.49. The van der Waals surface area contributed by atoms with Crippen LogP contribution in [0.4, 0.5) is 5.82 Å². The van der Waals surface area contributed by atoms with Gasteiger partial charge in [-0.1, -0.05) is 0 Å². The highest BCUT2D eigenvalue weighted by atomic mass is 32.1. The molecule has 5 heterocycles. The number of piperidine rings is 1. The van der Waals surface area contributed by atoms with Crippen molar-refractivity contribution < 1.29 is 0 Å². The fourth-order valence-electron chi connectivity index (χ4n) is 3.60. The third-order valence-corrected chi connectivity index (χ3v) is 5.71. The highest BCUT2D eigenvalue weighted by Gasteiger charge is 2.22. The fourth-order valence-corrected chi connectivity index (χ4v) is 4.23. The molecule has 0 radical (unpaired) electrons. The fraction of sp³-hybridized carbons (Fsp3) is 0.263. The lowest BCUT2D eigenvalue weighted by atomic mass is 9.90. The van der Waals surface area contributed by atoms with Crippen molar-refractivity contribution in [2.45, 2.75) is 18.8 Å². The number of anilines is 1. The van der Waals surface area contributed by atoms with Crippen molar-refractivity contribution in [2.75, 3.05) is 18.0 Å². The molecule has 1 aliphatic heterocycles. The van der Waals surface area contributed by atoms with Crippen LogP contribution in [-0.2, 0) is 0 Å². The van der Waals surface area contributed by atoms with E-state index < -0.39 is 0 Å². The summed E-state index contributed by atoms with van der Waals surface area (Å²) in [5, 5.41) is 17.5. The Morgan fingerprint density at radius 2 is 1.81 bits per heavy atom. The summed E-state index contributed by atoms with van der Waals surface area (Å²) >= 11 is 1.65. The number of hydrogen-bond acceptors (Lipinski definition) is 6. The minimum absolute atomic E-state index is 0.606. The van der Waals surface area contributed by atoms with E-state index in [0.717, 1.165) is 48.8 Å². The van der Waals surface area contributed by atoms with Gasteiger partial charge in [-0.15, -0.1) is 15.3 Å². The topological polar surface area (TPSA) is 59.2 Å². The molecule has 4 aromatic rings. The predicted octanol–water partition coefficient (Wildman–Crippen LogP) is 3.63. The number of fused-ring (bicyclic) bond motifs is 1. The summed E-state index contributed by atoms with van der Waals surface area (Å²) in [6, 6.07) is 10.4. The Balaban J connectivity index is 1.39. The van der Waals surface area contributed by atoms with Crippen molar-refractivity contribution >= 4 is 22.8 Å². The normalized spacial score (nSPS) is 15.6. The minimum atomic E-state index is 0.606. The molecule has 130 valence electrons. The molecule has 7 heteroatoms. The van der Waals surface area contributed by atoms with Crippen LogP contribution in [0, 0.1) is 0 Å². The molecule has 1 fully saturated rings. The molecule has 0 amide bonds. The molecule has 0 atom stereocenters. The van der Waals surface area contributed by atoms with E-state index in [-0.39, 0.29) is 0 Å². The number of rotatable bonds is 3. The van der Waals surface area contributed by atoms with Crippen molar-refractivity contribution in [1.82, 2.24) is 24.8 Å². The highest BCUT2D eigenvalue weighted by Crippen LogP contribution is 2.30. The molecule has 0 saturated carbocycles. The van der Waals surface area contributed by atoms with E-state index >= 15 is 0 Å². The molecule has 1 saturated heterocycles. The van der Waals surface area contributed by atoms with Crippen LogP contribution >= 0.6 is 11.3 Å². The lowest BCUT2D eigenvalue weighted by Crippen LogP contribution is -2.33. The van der Waals surface area contributed by atoms with E-state index in [9.17, 15) is 0 Å². The Morgan fingerprint density at radius 1 is 0.962 bits per heavy atom. The molecule has 6 nitrogen and oxygen atoms in total. The molecular formula is C19H18N6S. The molecule has 1 aliphatic rings. The van der Waals surface area contributed by atoms with Crippen LogP contribution < -0.4 is 4.90 Å². The van der Waals surface area contributed by atoms with Crippen molar-refractivity contribution in [2.24, 2.45) is 0 Å². The van der Waals surface area contributed by atoms with Gasteiger partial charge in [0.15, 0.2) is 11.5 Å². The Morgan fingerprint density at radius 3 is 2.58 bits per heavy atom. The first-order chi connectivity index (χ1) is 12.9. The van der Waals surface area contributed by atoms with Crippen LogP contribution in [0.25, 0.3) is 17.0 Å². The summed E-state index contributed by atoms with van der Waals surface area (Å²) in [6.45, 7) is 2.00. The molecule has 0 unspecified atom stereocenters. The van der Waals surface area contributed by atoms with Gasteiger partial charge < -0.3 is 4.90 Å². The van der Waals surface area contributed by atoms with Crippen molar-refractivity contribution in [1.29, 1.82) is 0 Å². The van der Waals surface area contributed by atoms with E-state index in [2.05, 4.69) is 43.7 Å². The van der Waals surface area contributed by atoms with E-state index in [0.29, 0.717) is 5.92 Å². The van der Waals surface area contributed by atoms with Gasteiger partial charge in [0.2, 0.25) is 0 Å². The molecule has 0 bridgehead atoms. The summed E-state index contributed by atoms with van der Waals surface area (Å²) in [6.07, 6.45) is 6.02. The Labute approximate surface area is 155 Å². The van der Waals surface area contributed by atoms with Gasteiger partial charge in [0.05, 0.1) is 0 Å². The van der Waals surface area contributed by atoms with Crippen LogP contribution in [-0.4, -0.2) is 37.9 Å². The number of nitrogens with zero attached hydrogens (tertiary/aromatic N) is 6. The van der Waals surface area contributed by atoms with Crippen molar-refractivity contribution in [3.05, 3.63) is 59.0 Å².